The van der Waals surface area contributed by atoms with Gasteiger partial charge >= 0.3 is 0 Å². The SMILES string of the molecule is CCc1ccc(OCC(=O)Nc2cc(Cl)ccc2OC)cc1. The summed E-state index contributed by atoms with van der Waals surface area (Å²) in [5, 5.41) is 3.24. The van der Waals surface area contributed by atoms with Gasteiger partial charge in [-0.3, -0.25) is 4.79 Å². The molecule has 0 unspecified atom stereocenters. The lowest BCUT2D eigenvalue weighted by atomic mass is 10.2. The zero-order valence-corrected chi connectivity index (χ0v) is 13.3. The first kappa shape index (κ1) is 16.2. The Kier molecular flexibility index (Phi) is 5.67. The van der Waals surface area contributed by atoms with Gasteiger partial charge in [0.1, 0.15) is 11.5 Å². The van der Waals surface area contributed by atoms with Gasteiger partial charge in [0.25, 0.3) is 5.91 Å². The van der Waals surface area contributed by atoms with Gasteiger partial charge in [0.2, 0.25) is 0 Å². The van der Waals surface area contributed by atoms with Gasteiger partial charge in [-0.25, -0.2) is 0 Å². The summed E-state index contributed by atoms with van der Waals surface area (Å²) in [5.74, 6) is 0.926. The minimum Gasteiger partial charge on any atom is -0.495 e. The van der Waals surface area contributed by atoms with E-state index in [4.69, 9.17) is 21.1 Å². The number of benzene rings is 2. The van der Waals surface area contributed by atoms with Crippen LogP contribution >= 0.6 is 11.6 Å². The number of ether oxygens (including phenoxy) is 2. The first-order valence-electron chi connectivity index (χ1n) is 6.97. The first-order chi connectivity index (χ1) is 10.6. The smallest absolute Gasteiger partial charge is 0.262 e. The van der Waals surface area contributed by atoms with Gasteiger partial charge in [-0.05, 0) is 42.3 Å². The molecule has 0 aliphatic carbocycles. The number of nitrogens with one attached hydrogen (secondary N) is 1. The minimum atomic E-state index is -0.278. The highest BCUT2D eigenvalue weighted by Gasteiger charge is 2.09. The molecule has 0 bridgehead atoms. The molecule has 22 heavy (non-hydrogen) atoms. The van der Waals surface area contributed by atoms with Gasteiger partial charge in [0.15, 0.2) is 6.61 Å². The zero-order chi connectivity index (χ0) is 15.9. The number of carbonyl (C=O) groups excluding carboxylic acids is 1. The molecule has 4 nitrogen and oxygen atoms in total. The third-order valence-corrected chi connectivity index (χ3v) is 3.37. The maximum atomic E-state index is 12.0. The van der Waals surface area contributed by atoms with Crippen LogP contribution in [0, 0.1) is 0 Å². The summed E-state index contributed by atoms with van der Waals surface area (Å²) in [6.07, 6.45) is 0.968. The van der Waals surface area contributed by atoms with Gasteiger partial charge in [0.05, 0.1) is 12.8 Å². The second-order valence-corrected chi connectivity index (χ2v) is 5.12. The second-order valence-electron chi connectivity index (χ2n) is 4.68. The van der Waals surface area contributed by atoms with Crippen molar-refractivity contribution in [3.63, 3.8) is 0 Å². The van der Waals surface area contributed by atoms with Crippen LogP contribution in [-0.2, 0) is 11.2 Å². The van der Waals surface area contributed by atoms with Crippen molar-refractivity contribution in [2.45, 2.75) is 13.3 Å². The highest BCUT2D eigenvalue weighted by Crippen LogP contribution is 2.27. The molecular weight excluding hydrogens is 302 g/mol. The summed E-state index contributed by atoms with van der Waals surface area (Å²) in [6, 6.07) is 12.7. The highest BCUT2D eigenvalue weighted by molar-refractivity contribution is 6.31. The van der Waals surface area contributed by atoms with Crippen LogP contribution < -0.4 is 14.8 Å². The van der Waals surface area contributed by atoms with E-state index in [2.05, 4.69) is 12.2 Å². The number of amides is 1. The van der Waals surface area contributed by atoms with Crippen molar-refractivity contribution in [3.8, 4) is 11.5 Å². The minimum absolute atomic E-state index is 0.0822. The van der Waals surface area contributed by atoms with Crippen molar-refractivity contribution < 1.29 is 14.3 Å². The average molecular weight is 320 g/mol. The molecule has 0 aliphatic heterocycles. The van der Waals surface area contributed by atoms with Gasteiger partial charge in [-0.1, -0.05) is 30.7 Å². The zero-order valence-electron chi connectivity index (χ0n) is 12.6. The van der Waals surface area contributed by atoms with Crippen molar-refractivity contribution in [3.05, 3.63) is 53.1 Å². The molecule has 116 valence electrons. The van der Waals surface area contributed by atoms with E-state index in [1.165, 1.54) is 12.7 Å². The van der Waals surface area contributed by atoms with E-state index in [1.807, 2.05) is 24.3 Å². The number of hydrogen-bond acceptors (Lipinski definition) is 3. The molecule has 1 N–H and O–H groups in total. The summed E-state index contributed by atoms with van der Waals surface area (Å²) in [7, 11) is 1.53. The molecule has 0 fully saturated rings. The molecule has 0 radical (unpaired) electrons. The Morgan fingerprint density at radius 2 is 1.91 bits per heavy atom. The van der Waals surface area contributed by atoms with Crippen molar-refractivity contribution in [2.24, 2.45) is 0 Å². The second kappa shape index (κ2) is 7.71. The molecule has 0 heterocycles. The summed E-state index contributed by atoms with van der Waals surface area (Å²) in [6.45, 7) is 2.00. The fraction of sp³-hybridized carbons (Fsp3) is 0.235. The van der Waals surface area contributed by atoms with Gasteiger partial charge in [-0.15, -0.1) is 0 Å². The third-order valence-electron chi connectivity index (χ3n) is 3.14. The fourth-order valence-corrected chi connectivity index (χ4v) is 2.11. The molecule has 0 aliphatic rings. The van der Waals surface area contributed by atoms with Crippen molar-refractivity contribution >= 4 is 23.2 Å². The van der Waals surface area contributed by atoms with Crippen LogP contribution in [0.2, 0.25) is 5.02 Å². The van der Waals surface area contributed by atoms with E-state index < -0.39 is 0 Å². The van der Waals surface area contributed by atoms with Crippen LogP contribution in [0.5, 0.6) is 11.5 Å². The molecular formula is C17H18ClNO3. The maximum absolute atomic E-state index is 12.0. The van der Waals surface area contributed by atoms with Crippen molar-refractivity contribution in [1.82, 2.24) is 0 Å². The Labute approximate surface area is 135 Å². The summed E-state index contributed by atoms with van der Waals surface area (Å²) >= 11 is 5.92. The Bertz CT molecular complexity index is 641. The predicted molar refractivity (Wildman–Crippen MR) is 87.9 cm³/mol. The fourth-order valence-electron chi connectivity index (χ4n) is 1.93. The van der Waals surface area contributed by atoms with Crippen LogP contribution in [0.1, 0.15) is 12.5 Å². The lowest BCUT2D eigenvalue weighted by molar-refractivity contribution is -0.118. The quantitative estimate of drug-likeness (QED) is 0.877. The number of aryl methyl sites for hydroxylation is 1. The number of hydrogen-bond donors (Lipinski definition) is 1. The van der Waals surface area contributed by atoms with Crippen molar-refractivity contribution in [2.75, 3.05) is 19.0 Å². The molecule has 2 rings (SSSR count). The average Bonchev–Trinajstić information content (AvgIpc) is 2.53. The van der Waals surface area contributed by atoms with E-state index in [0.29, 0.717) is 22.2 Å². The predicted octanol–water partition coefficient (Wildman–Crippen LogP) is 3.93. The van der Waals surface area contributed by atoms with Crippen LogP contribution in [0.15, 0.2) is 42.5 Å². The Hall–Kier alpha value is -2.20. The highest BCUT2D eigenvalue weighted by atomic mass is 35.5. The Balaban J connectivity index is 1.94. The normalized spacial score (nSPS) is 10.1. The molecule has 0 saturated carbocycles. The summed E-state index contributed by atoms with van der Waals surface area (Å²) in [5.41, 5.74) is 1.74. The molecule has 1 amide bonds. The molecule has 0 aromatic heterocycles. The van der Waals surface area contributed by atoms with Crippen LogP contribution in [0.4, 0.5) is 5.69 Å². The molecule has 0 saturated heterocycles. The largest absolute Gasteiger partial charge is 0.495 e. The molecule has 5 heteroatoms. The molecule has 2 aromatic rings. The van der Waals surface area contributed by atoms with Crippen LogP contribution in [-0.4, -0.2) is 19.6 Å². The van der Waals surface area contributed by atoms with E-state index in [0.717, 1.165) is 6.42 Å². The van der Waals surface area contributed by atoms with E-state index >= 15 is 0 Å². The molecule has 0 spiro atoms. The van der Waals surface area contributed by atoms with E-state index in [1.54, 1.807) is 18.2 Å². The van der Waals surface area contributed by atoms with Gasteiger partial charge in [0, 0.05) is 5.02 Å². The number of methoxy groups -OCH3 is 1. The first-order valence-corrected chi connectivity index (χ1v) is 7.35. The van der Waals surface area contributed by atoms with Crippen molar-refractivity contribution in [1.29, 1.82) is 0 Å². The molecule has 0 atom stereocenters. The number of anilines is 1. The molecule has 2 aromatic carbocycles. The Morgan fingerprint density at radius 1 is 1.18 bits per heavy atom. The van der Waals surface area contributed by atoms with Crippen LogP contribution in [0.3, 0.4) is 0 Å². The lowest BCUT2D eigenvalue weighted by Crippen LogP contribution is -2.20. The summed E-state index contributed by atoms with van der Waals surface area (Å²) < 4.78 is 10.6. The Morgan fingerprint density at radius 3 is 2.55 bits per heavy atom. The standard InChI is InChI=1S/C17H18ClNO3/c1-3-12-4-7-14(8-5-12)22-11-17(20)19-15-10-13(18)6-9-16(15)21-2/h4-10H,3,11H2,1-2H3,(H,19,20). The topological polar surface area (TPSA) is 47.6 Å². The van der Waals surface area contributed by atoms with Gasteiger partial charge in [-0.2, -0.15) is 0 Å². The monoisotopic (exact) mass is 319 g/mol. The number of carbonyl (C=O) groups is 1. The number of rotatable bonds is 6. The van der Waals surface area contributed by atoms with Gasteiger partial charge < -0.3 is 14.8 Å². The number of halogens is 1. The van der Waals surface area contributed by atoms with E-state index in [-0.39, 0.29) is 12.5 Å². The van der Waals surface area contributed by atoms with E-state index in [9.17, 15) is 4.79 Å². The summed E-state index contributed by atoms with van der Waals surface area (Å²) in [4.78, 5) is 12.0. The maximum Gasteiger partial charge on any atom is 0.262 e. The lowest BCUT2D eigenvalue weighted by Gasteiger charge is -2.11. The van der Waals surface area contributed by atoms with Crippen LogP contribution in [0.25, 0.3) is 0 Å². The third kappa shape index (κ3) is 4.40.